The Morgan fingerprint density at radius 2 is 1.00 bits per heavy atom. The van der Waals surface area contributed by atoms with Crippen LogP contribution < -0.4 is 22.9 Å². The first-order chi connectivity index (χ1) is 14.4. The molecule has 4 nitrogen and oxygen atoms in total. The number of nitrogen functional groups attached to an aromatic ring is 4. The fourth-order valence-corrected chi connectivity index (χ4v) is 3.16. The second-order valence-electron chi connectivity index (χ2n) is 7.32. The molecule has 8 N–H and O–H groups in total. The van der Waals surface area contributed by atoms with Crippen molar-refractivity contribution >= 4 is 22.7 Å². The summed E-state index contributed by atoms with van der Waals surface area (Å²) in [4.78, 5) is 0. The van der Waals surface area contributed by atoms with Crippen LogP contribution in [0.4, 0.5) is 22.7 Å². The van der Waals surface area contributed by atoms with Gasteiger partial charge in [-0.2, -0.15) is 0 Å². The number of rotatable bonds is 2. The fourth-order valence-electron chi connectivity index (χ4n) is 3.16. The van der Waals surface area contributed by atoms with Crippen LogP contribution in [-0.2, 0) is 0 Å². The van der Waals surface area contributed by atoms with Gasteiger partial charge in [0.05, 0.1) is 11.4 Å². The zero-order chi connectivity index (χ0) is 21.7. The van der Waals surface area contributed by atoms with E-state index in [-0.39, 0.29) is 0 Å². The molecule has 4 aromatic carbocycles. The fraction of sp³-hybridized carbons (Fsp3) is 0.0769. The molecule has 0 unspecified atom stereocenters. The van der Waals surface area contributed by atoms with Crippen LogP contribution in [0.3, 0.4) is 0 Å². The Bertz CT molecular complexity index is 1100. The maximum Gasteiger partial charge on any atom is 0.0627 e. The quantitative estimate of drug-likeness (QED) is 0.328. The van der Waals surface area contributed by atoms with Gasteiger partial charge in [0.2, 0.25) is 0 Å². The maximum atomic E-state index is 5.89. The summed E-state index contributed by atoms with van der Waals surface area (Å²) in [7, 11) is 0. The van der Waals surface area contributed by atoms with Gasteiger partial charge in [0.1, 0.15) is 0 Å². The molecule has 0 spiro atoms. The van der Waals surface area contributed by atoms with Gasteiger partial charge >= 0.3 is 0 Å². The predicted molar refractivity (Wildman–Crippen MR) is 131 cm³/mol. The van der Waals surface area contributed by atoms with Gasteiger partial charge in [0.25, 0.3) is 0 Å². The van der Waals surface area contributed by atoms with E-state index in [1.165, 1.54) is 11.1 Å². The number of nitrogens with two attached hydrogens (primary N) is 4. The Labute approximate surface area is 178 Å². The van der Waals surface area contributed by atoms with E-state index in [1.54, 1.807) is 0 Å². The summed E-state index contributed by atoms with van der Waals surface area (Å²) in [5.41, 5.74) is 32.8. The van der Waals surface area contributed by atoms with Crippen molar-refractivity contribution in [2.24, 2.45) is 0 Å². The molecule has 0 radical (unpaired) electrons. The minimum atomic E-state index is 0.631. The molecule has 0 aliphatic carbocycles. The molecule has 30 heavy (non-hydrogen) atoms. The van der Waals surface area contributed by atoms with E-state index >= 15 is 0 Å². The van der Waals surface area contributed by atoms with Gasteiger partial charge in [-0.1, -0.05) is 54.6 Å². The Morgan fingerprint density at radius 1 is 0.467 bits per heavy atom. The van der Waals surface area contributed by atoms with E-state index < -0.39 is 0 Å². The lowest BCUT2D eigenvalue weighted by Crippen LogP contribution is -1.96. The Hall–Kier alpha value is -3.92. The third-order valence-electron chi connectivity index (χ3n) is 5.10. The van der Waals surface area contributed by atoms with Gasteiger partial charge < -0.3 is 22.9 Å². The molecule has 152 valence electrons. The van der Waals surface area contributed by atoms with E-state index in [9.17, 15) is 0 Å². The average molecular weight is 397 g/mol. The van der Waals surface area contributed by atoms with Crippen LogP contribution in [0.1, 0.15) is 11.1 Å². The van der Waals surface area contributed by atoms with Crippen molar-refractivity contribution in [1.29, 1.82) is 0 Å². The molecule has 0 atom stereocenters. The van der Waals surface area contributed by atoms with Crippen molar-refractivity contribution < 1.29 is 0 Å². The van der Waals surface area contributed by atoms with E-state index in [0.29, 0.717) is 11.4 Å². The smallest absolute Gasteiger partial charge is 0.0627 e. The molecule has 0 heterocycles. The molecule has 0 saturated carbocycles. The highest BCUT2D eigenvalue weighted by Crippen LogP contribution is 2.29. The number of para-hydroxylation sites is 1. The largest absolute Gasteiger partial charge is 0.399 e. The lowest BCUT2D eigenvalue weighted by Gasteiger charge is -2.07. The van der Waals surface area contributed by atoms with Gasteiger partial charge in [-0.3, -0.25) is 0 Å². The predicted octanol–water partition coefficient (Wildman–Crippen LogP) is 5.65. The molecule has 0 aliphatic rings. The lowest BCUT2D eigenvalue weighted by atomic mass is 10.0. The molecule has 0 bridgehead atoms. The molecule has 4 heteroatoms. The van der Waals surface area contributed by atoms with E-state index in [2.05, 4.69) is 12.1 Å². The van der Waals surface area contributed by atoms with Crippen molar-refractivity contribution in [3.8, 4) is 22.3 Å². The molecular formula is C26H28N4. The molecule has 0 amide bonds. The monoisotopic (exact) mass is 396 g/mol. The second-order valence-corrected chi connectivity index (χ2v) is 7.32. The summed E-state index contributed by atoms with van der Waals surface area (Å²) < 4.78 is 0. The highest BCUT2D eigenvalue weighted by molar-refractivity contribution is 5.84. The summed E-state index contributed by atoms with van der Waals surface area (Å²) in [6.45, 7) is 4.03. The average Bonchev–Trinajstić information content (AvgIpc) is 2.75. The van der Waals surface area contributed by atoms with Crippen molar-refractivity contribution in [1.82, 2.24) is 0 Å². The van der Waals surface area contributed by atoms with E-state index in [1.807, 2.05) is 86.6 Å². The normalized spacial score (nSPS) is 10.2. The van der Waals surface area contributed by atoms with Crippen LogP contribution in [0.5, 0.6) is 0 Å². The number of aryl methyl sites for hydroxylation is 2. The van der Waals surface area contributed by atoms with Crippen LogP contribution in [0.25, 0.3) is 22.3 Å². The topological polar surface area (TPSA) is 104 Å². The first-order valence-corrected chi connectivity index (χ1v) is 9.79. The molecule has 0 aliphatic heterocycles. The zero-order valence-corrected chi connectivity index (χ0v) is 17.4. The van der Waals surface area contributed by atoms with Crippen molar-refractivity contribution in [3.63, 3.8) is 0 Å². The maximum absolute atomic E-state index is 5.89. The van der Waals surface area contributed by atoms with Gasteiger partial charge in [0, 0.05) is 16.9 Å². The Balaban J connectivity index is 0.000000172. The van der Waals surface area contributed by atoms with Crippen LogP contribution in [-0.4, -0.2) is 0 Å². The van der Waals surface area contributed by atoms with Crippen LogP contribution in [0, 0.1) is 13.8 Å². The number of hydrogen-bond donors (Lipinski definition) is 4. The summed E-state index contributed by atoms with van der Waals surface area (Å²) in [5.74, 6) is 0. The highest BCUT2D eigenvalue weighted by atomic mass is 14.7. The summed E-state index contributed by atoms with van der Waals surface area (Å²) >= 11 is 0. The van der Waals surface area contributed by atoms with Gasteiger partial charge in [-0.25, -0.2) is 0 Å². The Morgan fingerprint density at radius 3 is 1.50 bits per heavy atom. The second kappa shape index (κ2) is 9.05. The third-order valence-corrected chi connectivity index (χ3v) is 5.10. The summed E-state index contributed by atoms with van der Waals surface area (Å²) in [6.07, 6.45) is 0. The van der Waals surface area contributed by atoms with Crippen molar-refractivity contribution in [2.75, 3.05) is 22.9 Å². The van der Waals surface area contributed by atoms with E-state index in [0.717, 1.165) is 33.6 Å². The SMILES string of the molecule is Cc1cc(-c2ccc(N)c(C)c2)ccc1N.Nc1cccc(-c2ccccc2)c1N. The molecule has 0 fully saturated rings. The number of benzene rings is 4. The first-order valence-electron chi connectivity index (χ1n) is 9.79. The van der Waals surface area contributed by atoms with Crippen LogP contribution >= 0.6 is 0 Å². The highest BCUT2D eigenvalue weighted by Gasteiger charge is 2.03. The van der Waals surface area contributed by atoms with Crippen molar-refractivity contribution in [3.05, 3.63) is 96.1 Å². The van der Waals surface area contributed by atoms with E-state index in [4.69, 9.17) is 22.9 Å². The molecular weight excluding hydrogens is 368 g/mol. The van der Waals surface area contributed by atoms with Crippen molar-refractivity contribution in [2.45, 2.75) is 13.8 Å². The van der Waals surface area contributed by atoms with Gasteiger partial charge in [-0.05, 0) is 72.0 Å². The molecule has 4 aromatic rings. The van der Waals surface area contributed by atoms with Gasteiger partial charge in [-0.15, -0.1) is 0 Å². The molecule has 0 aromatic heterocycles. The number of hydrogen-bond acceptors (Lipinski definition) is 4. The Kier molecular flexibility index (Phi) is 6.28. The first kappa shape index (κ1) is 20.8. The molecule has 0 saturated heterocycles. The number of anilines is 4. The van der Waals surface area contributed by atoms with Crippen LogP contribution in [0.15, 0.2) is 84.9 Å². The minimum Gasteiger partial charge on any atom is -0.399 e. The minimum absolute atomic E-state index is 0.631. The summed E-state index contributed by atoms with van der Waals surface area (Å²) in [5, 5.41) is 0. The third kappa shape index (κ3) is 4.73. The molecule has 4 rings (SSSR count). The van der Waals surface area contributed by atoms with Crippen LogP contribution in [0.2, 0.25) is 0 Å². The zero-order valence-electron chi connectivity index (χ0n) is 17.4. The van der Waals surface area contributed by atoms with Gasteiger partial charge in [0.15, 0.2) is 0 Å². The summed E-state index contributed by atoms with van der Waals surface area (Å²) in [6, 6.07) is 27.8. The lowest BCUT2D eigenvalue weighted by molar-refractivity contribution is 1.44. The standard InChI is InChI=1S/C14H16N2.C12H12N2/c1-9-7-11(3-5-13(9)15)12-4-6-14(16)10(2)8-12;13-11-8-4-7-10(12(11)14)9-5-2-1-3-6-9/h3-8H,15-16H2,1-2H3;1-8H,13-14H2.